The first-order valence-electron chi connectivity index (χ1n) is 6.82. The third-order valence-electron chi connectivity index (χ3n) is 3.01. The highest BCUT2D eigenvalue weighted by molar-refractivity contribution is 5.87. The first kappa shape index (κ1) is 15.8. The van der Waals surface area contributed by atoms with Crippen LogP contribution in [0.5, 0.6) is 0 Å². The van der Waals surface area contributed by atoms with E-state index < -0.39 is 11.0 Å². The molecule has 22 heavy (non-hydrogen) atoms. The largest absolute Gasteiger partial charge is 0.445 e. The van der Waals surface area contributed by atoms with Gasteiger partial charge in [0, 0.05) is 19.2 Å². The number of rotatable bonds is 5. The number of para-hydroxylation sites is 2. The van der Waals surface area contributed by atoms with E-state index in [-0.39, 0.29) is 18.0 Å². The molecule has 0 aromatic heterocycles. The fraction of sp³-hybridized carbons (Fsp3) is 0.357. The highest BCUT2D eigenvalue weighted by Crippen LogP contribution is 2.23. The molecule has 0 spiro atoms. The third-order valence-corrected chi connectivity index (χ3v) is 3.01. The first-order chi connectivity index (χ1) is 10.7. The fourth-order valence-corrected chi connectivity index (χ4v) is 1.93. The summed E-state index contributed by atoms with van der Waals surface area (Å²) in [7, 11) is 0. The Morgan fingerprint density at radius 1 is 1.41 bits per heavy atom. The number of anilines is 1. The molecule has 1 aromatic rings. The van der Waals surface area contributed by atoms with E-state index in [1.54, 1.807) is 12.1 Å². The third kappa shape index (κ3) is 4.74. The van der Waals surface area contributed by atoms with Crippen LogP contribution in [0.25, 0.3) is 0 Å². The molecule has 0 atom stereocenters. The van der Waals surface area contributed by atoms with E-state index in [1.807, 2.05) is 6.20 Å². The maximum atomic E-state index is 11.6. The maximum Gasteiger partial charge on any atom is 0.412 e. The van der Waals surface area contributed by atoms with Crippen molar-refractivity contribution in [3.8, 4) is 0 Å². The summed E-state index contributed by atoms with van der Waals surface area (Å²) in [6.45, 7) is 3.06. The van der Waals surface area contributed by atoms with Crippen molar-refractivity contribution >= 4 is 17.5 Å². The highest BCUT2D eigenvalue weighted by atomic mass is 16.6. The standard InChI is InChI=1S/C14H17N3O5/c18-14(15-12-4-1-2-5-13(12)17(19)20)22-9-3-6-16-7-10-21-11-8-16/h1-6H,7-11H2,(H,15,18)/b6-3+. The Morgan fingerprint density at radius 2 is 2.14 bits per heavy atom. The van der Waals surface area contributed by atoms with Crippen LogP contribution in [0, 0.1) is 10.1 Å². The van der Waals surface area contributed by atoms with Gasteiger partial charge in [-0.05, 0) is 18.3 Å². The molecule has 2 rings (SSSR count). The number of amides is 1. The number of carbonyl (C=O) groups excluding carboxylic acids is 1. The summed E-state index contributed by atoms with van der Waals surface area (Å²) in [5, 5.41) is 13.2. The zero-order chi connectivity index (χ0) is 15.8. The highest BCUT2D eigenvalue weighted by Gasteiger charge is 2.14. The van der Waals surface area contributed by atoms with Crippen LogP contribution in [-0.4, -0.2) is 48.8 Å². The topological polar surface area (TPSA) is 93.9 Å². The van der Waals surface area contributed by atoms with Crippen molar-refractivity contribution in [2.24, 2.45) is 0 Å². The second kappa shape index (κ2) is 7.99. The van der Waals surface area contributed by atoms with E-state index in [4.69, 9.17) is 9.47 Å². The Bertz CT molecular complexity index is 555. The minimum atomic E-state index is -0.735. The van der Waals surface area contributed by atoms with Gasteiger partial charge in [-0.3, -0.25) is 15.4 Å². The van der Waals surface area contributed by atoms with Gasteiger partial charge in [0.1, 0.15) is 12.3 Å². The second-order valence-corrected chi connectivity index (χ2v) is 4.53. The second-order valence-electron chi connectivity index (χ2n) is 4.53. The van der Waals surface area contributed by atoms with Crippen LogP contribution in [-0.2, 0) is 9.47 Å². The summed E-state index contributed by atoms with van der Waals surface area (Å²) in [5.74, 6) is 0. The number of hydrogen-bond acceptors (Lipinski definition) is 6. The maximum absolute atomic E-state index is 11.6. The van der Waals surface area contributed by atoms with Gasteiger partial charge in [0.05, 0.1) is 18.1 Å². The molecule has 0 aliphatic carbocycles. The van der Waals surface area contributed by atoms with Gasteiger partial charge in [-0.1, -0.05) is 12.1 Å². The van der Waals surface area contributed by atoms with E-state index in [1.165, 1.54) is 18.2 Å². The van der Waals surface area contributed by atoms with Crippen molar-refractivity contribution in [3.05, 3.63) is 46.7 Å². The summed E-state index contributed by atoms with van der Waals surface area (Å²) < 4.78 is 10.2. The Labute approximate surface area is 127 Å². The zero-order valence-corrected chi connectivity index (χ0v) is 11.9. The molecule has 1 aromatic carbocycles. The van der Waals surface area contributed by atoms with Gasteiger partial charge in [0.15, 0.2) is 0 Å². The SMILES string of the molecule is O=C(Nc1ccccc1[N+](=O)[O-])OC/C=C/N1CCOCC1. The number of nitrogens with one attached hydrogen (secondary N) is 1. The molecule has 1 fully saturated rings. The van der Waals surface area contributed by atoms with E-state index in [2.05, 4.69) is 10.2 Å². The quantitative estimate of drug-likeness (QED) is 0.660. The number of nitro groups is 1. The lowest BCUT2D eigenvalue weighted by atomic mass is 10.3. The molecular weight excluding hydrogens is 290 g/mol. The lowest BCUT2D eigenvalue weighted by molar-refractivity contribution is -0.383. The Hall–Kier alpha value is -2.61. The van der Waals surface area contributed by atoms with Crippen molar-refractivity contribution in [1.29, 1.82) is 0 Å². The van der Waals surface area contributed by atoms with Gasteiger partial charge in [-0.2, -0.15) is 0 Å². The van der Waals surface area contributed by atoms with Crippen LogP contribution in [0.4, 0.5) is 16.2 Å². The number of nitro benzene ring substituents is 1. The van der Waals surface area contributed by atoms with Gasteiger partial charge in [0.2, 0.25) is 0 Å². The van der Waals surface area contributed by atoms with Crippen molar-refractivity contribution in [2.45, 2.75) is 0 Å². The Balaban J connectivity index is 1.78. The summed E-state index contributed by atoms with van der Waals surface area (Å²) in [4.78, 5) is 23.9. The number of carbonyl (C=O) groups is 1. The molecule has 0 radical (unpaired) electrons. The summed E-state index contributed by atoms with van der Waals surface area (Å²) in [5.41, 5.74) is -0.0713. The molecule has 0 unspecified atom stereocenters. The molecule has 1 N–H and O–H groups in total. The minimum Gasteiger partial charge on any atom is -0.445 e. The first-order valence-corrected chi connectivity index (χ1v) is 6.82. The molecule has 1 saturated heterocycles. The number of ether oxygens (including phenoxy) is 2. The van der Waals surface area contributed by atoms with Gasteiger partial charge in [-0.25, -0.2) is 4.79 Å². The minimum absolute atomic E-state index is 0.0871. The predicted molar refractivity (Wildman–Crippen MR) is 79.6 cm³/mol. The lowest BCUT2D eigenvalue weighted by Gasteiger charge is -2.24. The van der Waals surface area contributed by atoms with Crippen molar-refractivity contribution < 1.29 is 19.2 Å². The number of benzene rings is 1. The van der Waals surface area contributed by atoms with Crippen LogP contribution >= 0.6 is 0 Å². The summed E-state index contributed by atoms with van der Waals surface area (Å²) in [6, 6.07) is 5.89. The van der Waals surface area contributed by atoms with E-state index in [0.29, 0.717) is 13.2 Å². The van der Waals surface area contributed by atoms with Gasteiger partial charge in [0.25, 0.3) is 5.69 Å². The van der Waals surface area contributed by atoms with Crippen molar-refractivity contribution in [1.82, 2.24) is 4.90 Å². The molecule has 1 amide bonds. The van der Waals surface area contributed by atoms with Crippen molar-refractivity contribution in [2.75, 3.05) is 38.2 Å². The Kier molecular flexibility index (Phi) is 5.73. The Morgan fingerprint density at radius 3 is 2.86 bits per heavy atom. The molecule has 1 heterocycles. The van der Waals surface area contributed by atoms with E-state index in [0.717, 1.165) is 13.1 Å². The van der Waals surface area contributed by atoms with Gasteiger partial charge in [-0.15, -0.1) is 0 Å². The van der Waals surface area contributed by atoms with E-state index in [9.17, 15) is 14.9 Å². The van der Waals surface area contributed by atoms with Crippen LogP contribution < -0.4 is 5.32 Å². The molecule has 0 saturated carbocycles. The fourth-order valence-electron chi connectivity index (χ4n) is 1.93. The molecule has 8 heteroatoms. The number of hydrogen-bond donors (Lipinski definition) is 1. The number of morpholine rings is 1. The lowest BCUT2D eigenvalue weighted by Crippen LogP contribution is -2.32. The van der Waals surface area contributed by atoms with Crippen LogP contribution in [0.2, 0.25) is 0 Å². The zero-order valence-electron chi connectivity index (χ0n) is 11.9. The summed E-state index contributed by atoms with van der Waals surface area (Å²) >= 11 is 0. The van der Waals surface area contributed by atoms with Crippen LogP contribution in [0.15, 0.2) is 36.5 Å². The van der Waals surface area contributed by atoms with E-state index >= 15 is 0 Å². The molecular formula is C14H17N3O5. The molecule has 8 nitrogen and oxygen atoms in total. The predicted octanol–water partition coefficient (Wildman–Crippen LogP) is 1.99. The van der Waals surface area contributed by atoms with Crippen molar-refractivity contribution in [3.63, 3.8) is 0 Å². The van der Waals surface area contributed by atoms with Crippen LogP contribution in [0.1, 0.15) is 0 Å². The van der Waals surface area contributed by atoms with Gasteiger partial charge >= 0.3 is 6.09 Å². The summed E-state index contributed by atoms with van der Waals surface area (Å²) in [6.07, 6.45) is 2.83. The smallest absolute Gasteiger partial charge is 0.412 e. The molecule has 1 aliphatic heterocycles. The average Bonchev–Trinajstić information content (AvgIpc) is 2.53. The molecule has 0 bridgehead atoms. The normalized spacial score (nSPS) is 14.8. The molecule has 118 valence electrons. The monoisotopic (exact) mass is 307 g/mol. The average molecular weight is 307 g/mol. The van der Waals surface area contributed by atoms with Crippen LogP contribution in [0.3, 0.4) is 0 Å². The van der Waals surface area contributed by atoms with Gasteiger partial charge < -0.3 is 14.4 Å². The molecule has 1 aliphatic rings. The number of nitrogens with zero attached hydrogens (tertiary/aromatic N) is 2.